The van der Waals surface area contributed by atoms with Crippen LogP contribution in [0.5, 0.6) is 0 Å². The van der Waals surface area contributed by atoms with E-state index in [-0.39, 0.29) is 10.5 Å². The van der Waals surface area contributed by atoms with E-state index in [9.17, 15) is 13.2 Å². The third-order valence-corrected chi connectivity index (χ3v) is 4.62. The molecule has 0 atom stereocenters. The molecule has 0 unspecified atom stereocenters. The van der Waals surface area contributed by atoms with Gasteiger partial charge in [-0.05, 0) is 24.6 Å². The molecule has 0 aliphatic heterocycles. The van der Waals surface area contributed by atoms with Gasteiger partial charge in [-0.15, -0.1) is 6.42 Å². The second-order valence-corrected chi connectivity index (χ2v) is 6.16. The average molecular weight is 317 g/mol. The molecule has 1 aromatic rings. The van der Waals surface area contributed by atoms with Gasteiger partial charge in [-0.1, -0.05) is 21.9 Å². The Morgan fingerprint density at radius 3 is 2.59 bits per heavy atom. The van der Waals surface area contributed by atoms with Crippen molar-refractivity contribution in [1.29, 1.82) is 0 Å². The van der Waals surface area contributed by atoms with Crippen molar-refractivity contribution in [3.8, 4) is 12.3 Å². The number of carboxylic acids is 1. The molecule has 0 saturated heterocycles. The van der Waals surface area contributed by atoms with Gasteiger partial charge in [0.15, 0.2) is 9.84 Å². The predicted molar refractivity (Wildman–Crippen MR) is 66.7 cm³/mol. The van der Waals surface area contributed by atoms with Crippen LogP contribution in [-0.4, -0.2) is 25.2 Å². The first-order valence-corrected chi connectivity index (χ1v) is 6.94. The van der Waals surface area contributed by atoms with Crippen LogP contribution in [0.1, 0.15) is 15.9 Å². The number of hydrogen-bond acceptors (Lipinski definition) is 3. The molecule has 4 nitrogen and oxygen atoms in total. The van der Waals surface area contributed by atoms with Crippen LogP contribution in [0.3, 0.4) is 0 Å². The van der Waals surface area contributed by atoms with Crippen molar-refractivity contribution in [2.24, 2.45) is 0 Å². The molecule has 0 radical (unpaired) electrons. The molecule has 0 heterocycles. The minimum Gasteiger partial charge on any atom is -0.478 e. The Balaban J connectivity index is 3.55. The summed E-state index contributed by atoms with van der Waals surface area (Å²) in [6, 6.07) is 2.47. The molecule has 1 N–H and O–H groups in total. The van der Waals surface area contributed by atoms with Crippen LogP contribution in [0.2, 0.25) is 0 Å². The highest BCUT2D eigenvalue weighted by molar-refractivity contribution is 9.10. The van der Waals surface area contributed by atoms with Crippen molar-refractivity contribution in [3.63, 3.8) is 0 Å². The van der Waals surface area contributed by atoms with E-state index >= 15 is 0 Å². The van der Waals surface area contributed by atoms with Crippen LogP contribution in [0.25, 0.3) is 0 Å². The van der Waals surface area contributed by atoms with Gasteiger partial charge in [0.1, 0.15) is 5.75 Å². The first-order chi connectivity index (χ1) is 7.79. The van der Waals surface area contributed by atoms with Gasteiger partial charge in [-0.2, -0.15) is 0 Å². The van der Waals surface area contributed by atoms with Crippen LogP contribution >= 0.6 is 15.9 Å². The number of aromatic carboxylic acids is 1. The molecule has 6 heteroatoms. The fraction of sp³-hybridized carbons (Fsp3) is 0.182. The maximum atomic E-state index is 11.8. The lowest BCUT2D eigenvalue weighted by molar-refractivity contribution is 0.0696. The molecule has 1 aromatic carbocycles. The van der Waals surface area contributed by atoms with Crippen LogP contribution in [0.4, 0.5) is 0 Å². The normalized spacial score (nSPS) is 10.9. The molecule has 0 aliphatic rings. The molecule has 0 bridgehead atoms. The van der Waals surface area contributed by atoms with Crippen molar-refractivity contribution in [2.45, 2.75) is 11.8 Å². The summed E-state index contributed by atoms with van der Waals surface area (Å²) in [7, 11) is -3.65. The van der Waals surface area contributed by atoms with E-state index in [1.54, 1.807) is 6.92 Å². The summed E-state index contributed by atoms with van der Waals surface area (Å²) in [5, 5.41) is 8.86. The average Bonchev–Trinajstić information content (AvgIpc) is 2.21. The van der Waals surface area contributed by atoms with Gasteiger partial charge in [-0.3, -0.25) is 0 Å². The van der Waals surface area contributed by atoms with Crippen molar-refractivity contribution in [3.05, 3.63) is 27.7 Å². The van der Waals surface area contributed by atoms with Gasteiger partial charge in [-0.25, -0.2) is 13.2 Å². The summed E-state index contributed by atoms with van der Waals surface area (Å²) in [6.45, 7) is 1.58. The fourth-order valence-electron chi connectivity index (χ4n) is 1.29. The zero-order valence-electron chi connectivity index (χ0n) is 8.90. The fourth-order valence-corrected chi connectivity index (χ4v) is 3.14. The summed E-state index contributed by atoms with van der Waals surface area (Å²) in [5.41, 5.74) is 0.350. The first kappa shape index (κ1) is 13.7. The highest BCUT2D eigenvalue weighted by Gasteiger charge is 2.20. The van der Waals surface area contributed by atoms with Crippen molar-refractivity contribution in [2.75, 3.05) is 5.75 Å². The van der Waals surface area contributed by atoms with E-state index in [0.29, 0.717) is 10.0 Å². The van der Waals surface area contributed by atoms with Gasteiger partial charge in [0.2, 0.25) is 0 Å². The SMILES string of the molecule is C#CCS(=O)(=O)c1cc(C(=O)O)cc(Br)c1C. The summed E-state index contributed by atoms with van der Waals surface area (Å²) in [5.74, 6) is 0.404. The van der Waals surface area contributed by atoms with Crippen LogP contribution in [0, 0.1) is 19.3 Å². The molecule has 17 heavy (non-hydrogen) atoms. The topological polar surface area (TPSA) is 71.4 Å². The van der Waals surface area contributed by atoms with Crippen LogP contribution in [-0.2, 0) is 9.84 Å². The van der Waals surface area contributed by atoms with E-state index in [1.807, 2.05) is 0 Å². The summed E-state index contributed by atoms with van der Waals surface area (Å²) in [4.78, 5) is 10.8. The molecule has 0 spiro atoms. The number of carbonyl (C=O) groups is 1. The Bertz CT molecular complexity index is 611. The Hall–Kier alpha value is -1.32. The van der Waals surface area contributed by atoms with Gasteiger partial charge in [0.25, 0.3) is 0 Å². The smallest absolute Gasteiger partial charge is 0.335 e. The summed E-state index contributed by atoms with van der Waals surface area (Å²) < 4.78 is 24.1. The molecule has 0 aliphatic carbocycles. The standard InChI is InChI=1S/C11H9BrO4S/c1-3-4-17(15,16)10-6-8(11(13)14)5-9(12)7(10)2/h1,5-6H,4H2,2H3,(H,13,14). The third-order valence-electron chi connectivity index (χ3n) is 2.15. The predicted octanol–water partition coefficient (Wildman–Crippen LogP) is 1.86. The molecule has 0 aromatic heterocycles. The van der Waals surface area contributed by atoms with Gasteiger partial charge < -0.3 is 5.11 Å². The molecule has 0 fully saturated rings. The number of rotatable bonds is 3. The molecule has 90 valence electrons. The lowest BCUT2D eigenvalue weighted by atomic mass is 10.1. The van der Waals surface area contributed by atoms with Gasteiger partial charge >= 0.3 is 5.97 Å². The minimum atomic E-state index is -3.65. The molecule has 1 rings (SSSR count). The number of halogens is 1. The molecule has 0 amide bonds. The largest absolute Gasteiger partial charge is 0.478 e. The second kappa shape index (κ2) is 4.90. The Kier molecular flexibility index (Phi) is 3.96. The monoisotopic (exact) mass is 316 g/mol. The molecular weight excluding hydrogens is 308 g/mol. The van der Waals surface area contributed by atoms with E-state index in [1.165, 1.54) is 6.07 Å². The van der Waals surface area contributed by atoms with E-state index < -0.39 is 21.6 Å². The van der Waals surface area contributed by atoms with E-state index in [4.69, 9.17) is 11.5 Å². The Morgan fingerprint density at radius 1 is 1.53 bits per heavy atom. The number of carboxylic acid groups (broad SMARTS) is 1. The number of terminal acetylenes is 1. The summed E-state index contributed by atoms with van der Waals surface area (Å²) in [6.07, 6.45) is 4.98. The Morgan fingerprint density at radius 2 is 2.12 bits per heavy atom. The number of benzene rings is 1. The van der Waals surface area contributed by atoms with Crippen molar-refractivity contribution >= 4 is 31.7 Å². The van der Waals surface area contributed by atoms with Crippen molar-refractivity contribution < 1.29 is 18.3 Å². The maximum Gasteiger partial charge on any atom is 0.335 e. The summed E-state index contributed by atoms with van der Waals surface area (Å²) >= 11 is 3.13. The minimum absolute atomic E-state index is 0.0535. The van der Waals surface area contributed by atoms with Gasteiger partial charge in [0, 0.05) is 4.47 Å². The zero-order chi connectivity index (χ0) is 13.2. The lowest BCUT2D eigenvalue weighted by Crippen LogP contribution is -2.09. The number of hydrogen-bond donors (Lipinski definition) is 1. The van der Waals surface area contributed by atoms with Crippen LogP contribution in [0.15, 0.2) is 21.5 Å². The molecular formula is C11H9BrO4S. The number of sulfone groups is 1. The quantitative estimate of drug-likeness (QED) is 0.864. The maximum absolute atomic E-state index is 11.8. The van der Waals surface area contributed by atoms with E-state index in [0.717, 1.165) is 6.07 Å². The lowest BCUT2D eigenvalue weighted by Gasteiger charge is -2.08. The highest BCUT2D eigenvalue weighted by Crippen LogP contribution is 2.26. The van der Waals surface area contributed by atoms with Crippen molar-refractivity contribution in [1.82, 2.24) is 0 Å². The van der Waals surface area contributed by atoms with Crippen LogP contribution < -0.4 is 0 Å². The second-order valence-electron chi connectivity index (χ2n) is 3.35. The molecule has 0 saturated carbocycles. The zero-order valence-corrected chi connectivity index (χ0v) is 11.3. The van der Waals surface area contributed by atoms with Gasteiger partial charge in [0.05, 0.1) is 10.5 Å². The highest BCUT2D eigenvalue weighted by atomic mass is 79.9. The van der Waals surface area contributed by atoms with E-state index in [2.05, 4.69) is 21.9 Å². The third kappa shape index (κ3) is 2.87. The Labute approximate surface area is 108 Å². The first-order valence-electron chi connectivity index (χ1n) is 4.49.